The molecule has 104 valence electrons. The third kappa shape index (κ3) is 3.98. The maximum absolute atomic E-state index is 12.1. The highest BCUT2D eigenvalue weighted by atomic mass is 16.4. The summed E-state index contributed by atoms with van der Waals surface area (Å²) in [5.74, 6) is -2.00. The zero-order chi connectivity index (χ0) is 13.5. The third-order valence-corrected chi connectivity index (χ3v) is 3.74. The van der Waals surface area contributed by atoms with E-state index in [4.69, 9.17) is 10.2 Å². The maximum Gasteiger partial charge on any atom is 0.307 e. The highest BCUT2D eigenvalue weighted by molar-refractivity contribution is 5.85. The summed E-state index contributed by atoms with van der Waals surface area (Å²) in [6, 6.07) is -0.0566. The van der Waals surface area contributed by atoms with Gasteiger partial charge in [-0.2, -0.15) is 0 Å². The number of carboxylic acid groups (broad SMARTS) is 1. The SMILES string of the molecule is CCC(CCO)NC(=O)C1CCCCC1C(=O)O. The minimum absolute atomic E-state index is 0.0335. The van der Waals surface area contributed by atoms with E-state index in [0.717, 1.165) is 19.3 Å². The Bertz CT molecular complexity index is 293. The molecule has 1 fully saturated rings. The van der Waals surface area contributed by atoms with Crippen LogP contribution in [0.3, 0.4) is 0 Å². The number of aliphatic hydroxyl groups excluding tert-OH is 1. The number of carbonyl (C=O) groups excluding carboxylic acids is 1. The van der Waals surface area contributed by atoms with Crippen LogP contribution in [0.2, 0.25) is 0 Å². The van der Waals surface area contributed by atoms with Crippen molar-refractivity contribution in [1.82, 2.24) is 5.32 Å². The smallest absolute Gasteiger partial charge is 0.307 e. The topological polar surface area (TPSA) is 86.6 Å². The summed E-state index contributed by atoms with van der Waals surface area (Å²) < 4.78 is 0. The molecule has 3 N–H and O–H groups in total. The summed E-state index contributed by atoms with van der Waals surface area (Å²) in [6.45, 7) is 1.97. The highest BCUT2D eigenvalue weighted by Gasteiger charge is 2.36. The Morgan fingerprint density at radius 1 is 1.28 bits per heavy atom. The Hall–Kier alpha value is -1.10. The number of nitrogens with one attached hydrogen (secondary N) is 1. The summed E-state index contributed by atoms with van der Waals surface area (Å²) in [6.07, 6.45) is 4.30. The van der Waals surface area contributed by atoms with Crippen LogP contribution in [0, 0.1) is 11.8 Å². The van der Waals surface area contributed by atoms with E-state index in [0.29, 0.717) is 19.3 Å². The van der Waals surface area contributed by atoms with E-state index in [1.54, 1.807) is 0 Å². The van der Waals surface area contributed by atoms with Crippen molar-refractivity contribution in [3.63, 3.8) is 0 Å². The average molecular weight is 257 g/mol. The standard InChI is InChI=1S/C13H23NO4/c1-2-9(7-8-15)14-12(16)10-5-3-4-6-11(10)13(17)18/h9-11,15H,2-8H2,1H3,(H,14,16)(H,17,18). The summed E-state index contributed by atoms with van der Waals surface area (Å²) in [5, 5.41) is 20.9. The Balaban J connectivity index is 2.59. The van der Waals surface area contributed by atoms with Crippen LogP contribution in [0.25, 0.3) is 0 Å². The second-order valence-corrected chi connectivity index (χ2v) is 4.96. The Morgan fingerprint density at radius 2 is 1.89 bits per heavy atom. The van der Waals surface area contributed by atoms with E-state index in [2.05, 4.69) is 5.32 Å². The van der Waals surface area contributed by atoms with E-state index in [9.17, 15) is 9.59 Å². The lowest BCUT2D eigenvalue weighted by Gasteiger charge is -2.29. The van der Waals surface area contributed by atoms with Crippen LogP contribution in [0.5, 0.6) is 0 Å². The second-order valence-electron chi connectivity index (χ2n) is 4.96. The molecule has 0 aliphatic heterocycles. The van der Waals surface area contributed by atoms with E-state index in [1.807, 2.05) is 6.92 Å². The molecule has 1 saturated carbocycles. The highest BCUT2D eigenvalue weighted by Crippen LogP contribution is 2.30. The number of hydrogen-bond acceptors (Lipinski definition) is 3. The first-order valence-electron chi connectivity index (χ1n) is 6.74. The Morgan fingerprint density at radius 3 is 2.39 bits per heavy atom. The van der Waals surface area contributed by atoms with Gasteiger partial charge < -0.3 is 15.5 Å². The van der Waals surface area contributed by atoms with Gasteiger partial charge in [-0.05, 0) is 25.7 Å². The van der Waals surface area contributed by atoms with Crippen LogP contribution in [-0.2, 0) is 9.59 Å². The van der Waals surface area contributed by atoms with Gasteiger partial charge in [0.25, 0.3) is 0 Å². The Labute approximate surface area is 108 Å². The van der Waals surface area contributed by atoms with Crippen molar-refractivity contribution < 1.29 is 19.8 Å². The van der Waals surface area contributed by atoms with Crippen LogP contribution in [0.4, 0.5) is 0 Å². The maximum atomic E-state index is 12.1. The molecule has 1 amide bonds. The molecule has 5 nitrogen and oxygen atoms in total. The summed E-state index contributed by atoms with van der Waals surface area (Å²) in [7, 11) is 0. The number of hydrogen-bond donors (Lipinski definition) is 3. The van der Waals surface area contributed by atoms with Crippen molar-refractivity contribution in [3.8, 4) is 0 Å². The van der Waals surface area contributed by atoms with Gasteiger partial charge in [0.15, 0.2) is 0 Å². The fraction of sp³-hybridized carbons (Fsp3) is 0.846. The molecule has 3 atom stereocenters. The molecular formula is C13H23NO4. The minimum atomic E-state index is -0.870. The largest absolute Gasteiger partial charge is 0.481 e. The van der Waals surface area contributed by atoms with Crippen LogP contribution < -0.4 is 5.32 Å². The van der Waals surface area contributed by atoms with Crippen molar-refractivity contribution in [3.05, 3.63) is 0 Å². The molecule has 0 heterocycles. The quantitative estimate of drug-likeness (QED) is 0.666. The van der Waals surface area contributed by atoms with Crippen LogP contribution in [0.15, 0.2) is 0 Å². The number of carbonyl (C=O) groups is 2. The second kappa shape index (κ2) is 7.36. The van der Waals surface area contributed by atoms with Gasteiger partial charge in [0.1, 0.15) is 0 Å². The summed E-state index contributed by atoms with van der Waals surface area (Å²) in [5.41, 5.74) is 0. The predicted octanol–water partition coefficient (Wildman–Crippen LogP) is 1.15. The molecule has 0 saturated heterocycles. The normalized spacial score (nSPS) is 25.4. The molecule has 1 aliphatic rings. The van der Waals surface area contributed by atoms with E-state index in [1.165, 1.54) is 0 Å². The van der Waals surface area contributed by atoms with Crippen molar-refractivity contribution in [2.24, 2.45) is 11.8 Å². The van der Waals surface area contributed by atoms with Gasteiger partial charge >= 0.3 is 5.97 Å². The molecule has 0 aromatic rings. The Kier molecular flexibility index (Phi) is 6.12. The third-order valence-electron chi connectivity index (χ3n) is 3.74. The minimum Gasteiger partial charge on any atom is -0.481 e. The summed E-state index contributed by atoms with van der Waals surface area (Å²) >= 11 is 0. The first-order chi connectivity index (χ1) is 8.60. The van der Waals surface area contributed by atoms with Crippen molar-refractivity contribution in [2.45, 2.75) is 51.5 Å². The number of aliphatic hydroxyl groups is 1. The average Bonchev–Trinajstić information content (AvgIpc) is 2.38. The van der Waals surface area contributed by atoms with Gasteiger partial charge in [-0.3, -0.25) is 9.59 Å². The lowest BCUT2D eigenvalue weighted by molar-refractivity contribution is -0.149. The lowest BCUT2D eigenvalue weighted by atomic mass is 9.78. The van der Waals surface area contributed by atoms with Crippen LogP contribution in [0.1, 0.15) is 45.4 Å². The molecular weight excluding hydrogens is 234 g/mol. The molecule has 3 unspecified atom stereocenters. The molecule has 18 heavy (non-hydrogen) atoms. The van der Waals surface area contributed by atoms with Gasteiger partial charge in [-0.15, -0.1) is 0 Å². The molecule has 1 rings (SSSR count). The van der Waals surface area contributed by atoms with Crippen LogP contribution >= 0.6 is 0 Å². The van der Waals surface area contributed by atoms with Gasteiger partial charge in [0.2, 0.25) is 5.91 Å². The van der Waals surface area contributed by atoms with Crippen molar-refractivity contribution in [2.75, 3.05) is 6.61 Å². The van der Waals surface area contributed by atoms with E-state index >= 15 is 0 Å². The molecule has 0 bridgehead atoms. The number of amides is 1. The zero-order valence-electron chi connectivity index (χ0n) is 10.9. The summed E-state index contributed by atoms with van der Waals surface area (Å²) in [4.78, 5) is 23.2. The fourth-order valence-electron chi connectivity index (χ4n) is 2.58. The molecule has 0 spiro atoms. The monoisotopic (exact) mass is 257 g/mol. The van der Waals surface area contributed by atoms with Gasteiger partial charge in [-0.25, -0.2) is 0 Å². The lowest BCUT2D eigenvalue weighted by Crippen LogP contribution is -2.44. The molecule has 0 radical (unpaired) electrons. The van der Waals surface area contributed by atoms with Gasteiger partial charge in [0, 0.05) is 12.6 Å². The molecule has 5 heteroatoms. The molecule has 0 aromatic carbocycles. The number of rotatable bonds is 6. The first-order valence-corrected chi connectivity index (χ1v) is 6.74. The van der Waals surface area contributed by atoms with Gasteiger partial charge in [-0.1, -0.05) is 19.8 Å². The van der Waals surface area contributed by atoms with Crippen LogP contribution in [-0.4, -0.2) is 34.7 Å². The van der Waals surface area contributed by atoms with E-state index in [-0.39, 0.29) is 18.6 Å². The molecule has 1 aliphatic carbocycles. The number of aliphatic carboxylic acids is 1. The fourth-order valence-corrected chi connectivity index (χ4v) is 2.58. The predicted molar refractivity (Wildman–Crippen MR) is 67.0 cm³/mol. The van der Waals surface area contributed by atoms with Crippen molar-refractivity contribution in [1.29, 1.82) is 0 Å². The molecule has 0 aromatic heterocycles. The number of carboxylic acids is 1. The van der Waals surface area contributed by atoms with E-state index < -0.39 is 17.8 Å². The van der Waals surface area contributed by atoms with Crippen molar-refractivity contribution >= 4 is 11.9 Å². The zero-order valence-corrected chi connectivity index (χ0v) is 10.9. The first kappa shape index (κ1) is 15.0. The van der Waals surface area contributed by atoms with Gasteiger partial charge in [0.05, 0.1) is 11.8 Å².